The lowest BCUT2D eigenvalue weighted by molar-refractivity contribution is 0.171. The molecule has 1 aliphatic heterocycles. The van der Waals surface area contributed by atoms with Crippen molar-refractivity contribution in [3.8, 4) is 0 Å². The van der Waals surface area contributed by atoms with Crippen molar-refractivity contribution in [2.45, 2.75) is 0 Å². The van der Waals surface area contributed by atoms with Crippen molar-refractivity contribution in [1.82, 2.24) is 9.80 Å². The van der Waals surface area contributed by atoms with Crippen LogP contribution < -0.4 is 0 Å². The van der Waals surface area contributed by atoms with Crippen LogP contribution >= 0.6 is 0 Å². The summed E-state index contributed by atoms with van der Waals surface area (Å²) in [5.74, 6) is 0. The Kier molecular flexibility index (Phi) is 2.83. The average Bonchev–Trinajstić information content (AvgIpc) is 1.95. The molecule has 1 fully saturated rings. The third-order valence-electron chi connectivity index (χ3n) is 1.95. The van der Waals surface area contributed by atoms with E-state index in [1.807, 2.05) is 0 Å². The van der Waals surface area contributed by atoms with E-state index >= 15 is 0 Å². The fourth-order valence-corrected chi connectivity index (χ4v) is 1.16. The lowest BCUT2D eigenvalue weighted by Crippen LogP contribution is -2.44. The first kappa shape index (κ1) is 7.69. The Morgan fingerprint density at radius 2 is 1.90 bits per heavy atom. The maximum absolute atomic E-state index is 6.91. The zero-order valence-electron chi connectivity index (χ0n) is 6.51. The number of likely N-dealkylation sites (N-methyl/N-ethyl adjacent to an activating group) is 1. The molecule has 0 aromatic carbocycles. The highest BCUT2D eigenvalue weighted by Gasteiger charge is 2.11. The number of hydrogen-bond acceptors (Lipinski definition) is 3. The molecular formula is C7H15N3. The Morgan fingerprint density at radius 1 is 1.30 bits per heavy atom. The molecule has 1 N–H and O–H groups in total. The topological polar surface area (TPSA) is 30.3 Å². The van der Waals surface area contributed by atoms with Gasteiger partial charge in [-0.25, -0.2) is 0 Å². The van der Waals surface area contributed by atoms with Crippen molar-refractivity contribution in [3.05, 3.63) is 0 Å². The second kappa shape index (κ2) is 3.68. The van der Waals surface area contributed by atoms with E-state index in [0.29, 0.717) is 0 Å². The summed E-state index contributed by atoms with van der Waals surface area (Å²) < 4.78 is 0. The number of rotatable bonds is 2. The number of nitrogens with one attached hydrogen (secondary N) is 1. The summed E-state index contributed by atoms with van der Waals surface area (Å²) in [6.45, 7) is 5.35. The van der Waals surface area contributed by atoms with Crippen LogP contribution in [0.25, 0.3) is 0 Å². The highest BCUT2D eigenvalue weighted by molar-refractivity contribution is 5.55. The summed E-state index contributed by atoms with van der Waals surface area (Å²) in [7, 11) is 2.14. The van der Waals surface area contributed by atoms with Crippen LogP contribution in [0.1, 0.15) is 0 Å². The largest absolute Gasteiger partial charge is 0.312 e. The fraction of sp³-hybridized carbons (Fsp3) is 0.857. The average molecular weight is 141 g/mol. The molecule has 0 aromatic rings. The Bertz CT molecular complexity index is 105. The summed E-state index contributed by atoms with van der Waals surface area (Å²) in [5, 5.41) is 6.91. The maximum Gasteiger partial charge on any atom is 0.0331 e. The first-order valence-electron chi connectivity index (χ1n) is 3.73. The van der Waals surface area contributed by atoms with Crippen molar-refractivity contribution >= 4 is 6.21 Å². The van der Waals surface area contributed by atoms with E-state index in [1.54, 1.807) is 0 Å². The molecule has 1 aliphatic rings. The molecule has 0 radical (unpaired) electrons. The monoisotopic (exact) mass is 141 g/mol. The van der Waals surface area contributed by atoms with E-state index in [-0.39, 0.29) is 0 Å². The lowest BCUT2D eigenvalue weighted by Gasteiger charge is -2.31. The van der Waals surface area contributed by atoms with Crippen molar-refractivity contribution < 1.29 is 0 Å². The quantitative estimate of drug-likeness (QED) is 0.544. The summed E-state index contributed by atoms with van der Waals surface area (Å²) >= 11 is 0. The van der Waals surface area contributed by atoms with Gasteiger partial charge in [-0.3, -0.25) is 4.90 Å². The predicted molar refractivity (Wildman–Crippen MR) is 42.7 cm³/mol. The zero-order valence-corrected chi connectivity index (χ0v) is 6.51. The van der Waals surface area contributed by atoms with E-state index in [9.17, 15) is 0 Å². The van der Waals surface area contributed by atoms with Crippen LogP contribution in [-0.2, 0) is 0 Å². The number of piperazine rings is 1. The van der Waals surface area contributed by atoms with Crippen LogP contribution in [0.3, 0.4) is 0 Å². The molecular weight excluding hydrogens is 126 g/mol. The van der Waals surface area contributed by atoms with Gasteiger partial charge in [0.1, 0.15) is 0 Å². The van der Waals surface area contributed by atoms with Crippen molar-refractivity contribution in [2.75, 3.05) is 39.8 Å². The molecule has 0 bridgehead atoms. The van der Waals surface area contributed by atoms with Gasteiger partial charge in [-0.15, -0.1) is 0 Å². The molecule has 0 atom stereocenters. The molecule has 0 amide bonds. The number of nitrogens with zero attached hydrogens (tertiary/aromatic N) is 2. The Hall–Kier alpha value is -0.410. The van der Waals surface area contributed by atoms with Crippen molar-refractivity contribution in [2.24, 2.45) is 0 Å². The molecule has 3 heteroatoms. The molecule has 0 spiro atoms. The van der Waals surface area contributed by atoms with Crippen LogP contribution in [-0.4, -0.2) is 55.8 Å². The van der Waals surface area contributed by atoms with Crippen LogP contribution in [0.4, 0.5) is 0 Å². The van der Waals surface area contributed by atoms with Crippen molar-refractivity contribution in [3.63, 3.8) is 0 Å². The summed E-state index contributed by atoms with van der Waals surface area (Å²) in [5.41, 5.74) is 0. The van der Waals surface area contributed by atoms with Gasteiger partial charge in [0.15, 0.2) is 0 Å². The van der Waals surface area contributed by atoms with Gasteiger partial charge in [0.2, 0.25) is 0 Å². The normalized spacial score (nSPS) is 22.9. The Labute approximate surface area is 62.1 Å². The lowest BCUT2D eigenvalue weighted by atomic mass is 10.3. The van der Waals surface area contributed by atoms with Gasteiger partial charge in [0.05, 0.1) is 0 Å². The van der Waals surface area contributed by atoms with E-state index < -0.39 is 0 Å². The minimum Gasteiger partial charge on any atom is -0.312 e. The summed E-state index contributed by atoms with van der Waals surface area (Å²) in [6, 6.07) is 0. The molecule has 58 valence electrons. The third kappa shape index (κ3) is 2.08. The van der Waals surface area contributed by atoms with Gasteiger partial charge in [0, 0.05) is 38.9 Å². The van der Waals surface area contributed by atoms with E-state index in [4.69, 9.17) is 5.41 Å². The van der Waals surface area contributed by atoms with Crippen LogP contribution in [0.15, 0.2) is 0 Å². The Morgan fingerprint density at radius 3 is 2.40 bits per heavy atom. The molecule has 0 aromatic heterocycles. The van der Waals surface area contributed by atoms with Gasteiger partial charge in [-0.05, 0) is 7.05 Å². The standard InChI is InChI=1S/C7H15N3/c1-9-4-6-10(3-2-8)7-5-9/h2,8H,3-7H2,1H3. The minimum absolute atomic E-state index is 0.827. The molecule has 10 heavy (non-hydrogen) atoms. The molecule has 1 rings (SSSR count). The van der Waals surface area contributed by atoms with Gasteiger partial charge in [-0.2, -0.15) is 0 Å². The minimum atomic E-state index is 0.827. The van der Waals surface area contributed by atoms with Gasteiger partial charge < -0.3 is 10.3 Å². The van der Waals surface area contributed by atoms with Gasteiger partial charge in [-0.1, -0.05) is 0 Å². The second-order valence-corrected chi connectivity index (χ2v) is 2.81. The highest BCUT2D eigenvalue weighted by atomic mass is 15.2. The van der Waals surface area contributed by atoms with Crippen molar-refractivity contribution in [1.29, 1.82) is 5.41 Å². The van der Waals surface area contributed by atoms with E-state index in [0.717, 1.165) is 32.7 Å². The van der Waals surface area contributed by atoms with Gasteiger partial charge in [0.25, 0.3) is 0 Å². The summed E-state index contributed by atoms with van der Waals surface area (Å²) in [4.78, 5) is 4.62. The molecule has 0 unspecified atom stereocenters. The van der Waals surface area contributed by atoms with Crippen LogP contribution in [0, 0.1) is 5.41 Å². The third-order valence-corrected chi connectivity index (χ3v) is 1.95. The molecule has 0 saturated carbocycles. The first-order chi connectivity index (χ1) is 4.83. The van der Waals surface area contributed by atoms with Crippen LogP contribution in [0.2, 0.25) is 0 Å². The molecule has 1 saturated heterocycles. The first-order valence-corrected chi connectivity index (χ1v) is 3.73. The fourth-order valence-electron chi connectivity index (χ4n) is 1.16. The second-order valence-electron chi connectivity index (χ2n) is 2.81. The zero-order chi connectivity index (χ0) is 7.40. The predicted octanol–water partition coefficient (Wildman–Crippen LogP) is -0.117. The van der Waals surface area contributed by atoms with E-state index in [2.05, 4.69) is 16.8 Å². The molecule has 1 heterocycles. The molecule has 3 nitrogen and oxygen atoms in total. The maximum atomic E-state index is 6.91. The van der Waals surface area contributed by atoms with E-state index in [1.165, 1.54) is 6.21 Å². The summed E-state index contributed by atoms with van der Waals surface area (Å²) in [6.07, 6.45) is 1.48. The SMILES string of the molecule is CN1CCN(CC=N)CC1. The highest BCUT2D eigenvalue weighted by Crippen LogP contribution is 1.96. The van der Waals surface area contributed by atoms with Crippen LogP contribution in [0.5, 0.6) is 0 Å². The smallest absolute Gasteiger partial charge is 0.0331 e. The Balaban J connectivity index is 2.19. The van der Waals surface area contributed by atoms with Gasteiger partial charge >= 0.3 is 0 Å². The molecule has 0 aliphatic carbocycles. The number of hydrogen-bond donors (Lipinski definition) is 1.